The van der Waals surface area contributed by atoms with E-state index in [1.165, 1.54) is 5.56 Å². The average Bonchev–Trinajstić information content (AvgIpc) is 2.80. The van der Waals surface area contributed by atoms with Gasteiger partial charge in [0.1, 0.15) is 0 Å². The molecule has 3 nitrogen and oxygen atoms in total. The monoisotopic (exact) mass is 286 g/mol. The first-order chi connectivity index (χ1) is 9.69. The maximum absolute atomic E-state index is 6.00. The Labute approximate surface area is 122 Å². The molecule has 4 heteroatoms. The summed E-state index contributed by atoms with van der Waals surface area (Å²) in [5.41, 5.74) is 3.43. The van der Waals surface area contributed by atoms with Crippen LogP contribution in [0.4, 0.5) is 0 Å². The van der Waals surface area contributed by atoms with Crippen LogP contribution in [0.1, 0.15) is 11.1 Å². The molecule has 0 saturated carbocycles. The van der Waals surface area contributed by atoms with Gasteiger partial charge in [-0.3, -0.25) is 4.68 Å². The van der Waals surface area contributed by atoms with Crippen molar-refractivity contribution in [2.45, 2.75) is 13.5 Å². The Morgan fingerprint density at radius 2 is 2.00 bits per heavy atom. The fourth-order valence-electron chi connectivity index (χ4n) is 2.37. The number of fused-ring (bicyclic) bond motifs is 1. The van der Waals surface area contributed by atoms with Crippen LogP contribution < -0.4 is 4.74 Å². The quantitative estimate of drug-likeness (QED) is 0.726. The van der Waals surface area contributed by atoms with Crippen molar-refractivity contribution in [3.05, 3.63) is 58.6 Å². The summed E-state index contributed by atoms with van der Waals surface area (Å²) in [6.07, 6.45) is 0. The SMILES string of the molecule is COc1nn(Cc2ccc(Cl)cc2C)c2ccccc12. The summed E-state index contributed by atoms with van der Waals surface area (Å²) in [5, 5.41) is 6.32. The lowest BCUT2D eigenvalue weighted by Gasteiger charge is -2.07. The van der Waals surface area contributed by atoms with E-state index in [1.807, 2.05) is 41.1 Å². The van der Waals surface area contributed by atoms with Crippen LogP contribution in [-0.2, 0) is 6.54 Å². The molecule has 0 radical (unpaired) electrons. The number of benzene rings is 2. The third kappa shape index (κ3) is 2.25. The lowest BCUT2D eigenvalue weighted by Crippen LogP contribution is -2.03. The molecule has 20 heavy (non-hydrogen) atoms. The van der Waals surface area contributed by atoms with Gasteiger partial charge in [-0.05, 0) is 42.3 Å². The molecule has 0 bridgehead atoms. The van der Waals surface area contributed by atoms with Crippen LogP contribution in [-0.4, -0.2) is 16.9 Å². The molecule has 102 valence electrons. The summed E-state index contributed by atoms with van der Waals surface area (Å²) >= 11 is 6.00. The Kier molecular flexibility index (Phi) is 3.36. The maximum Gasteiger partial charge on any atom is 0.240 e. The Bertz CT molecular complexity index is 764. The van der Waals surface area contributed by atoms with E-state index in [1.54, 1.807) is 7.11 Å². The number of para-hydroxylation sites is 1. The molecule has 0 amide bonds. The van der Waals surface area contributed by atoms with Gasteiger partial charge >= 0.3 is 0 Å². The number of aryl methyl sites for hydroxylation is 1. The van der Waals surface area contributed by atoms with Crippen LogP contribution >= 0.6 is 11.6 Å². The van der Waals surface area contributed by atoms with Gasteiger partial charge in [-0.15, -0.1) is 5.10 Å². The number of aromatic nitrogens is 2. The van der Waals surface area contributed by atoms with Crippen molar-refractivity contribution in [3.63, 3.8) is 0 Å². The summed E-state index contributed by atoms with van der Waals surface area (Å²) < 4.78 is 7.30. The molecule has 0 spiro atoms. The van der Waals surface area contributed by atoms with E-state index in [4.69, 9.17) is 16.3 Å². The fourth-order valence-corrected chi connectivity index (χ4v) is 2.59. The van der Waals surface area contributed by atoms with Gasteiger partial charge in [0.25, 0.3) is 0 Å². The molecule has 0 aliphatic heterocycles. The smallest absolute Gasteiger partial charge is 0.240 e. The molecule has 0 aliphatic rings. The van der Waals surface area contributed by atoms with Crippen molar-refractivity contribution in [2.75, 3.05) is 7.11 Å². The van der Waals surface area contributed by atoms with Crippen LogP contribution in [0.15, 0.2) is 42.5 Å². The second kappa shape index (κ2) is 5.17. The topological polar surface area (TPSA) is 27.1 Å². The van der Waals surface area contributed by atoms with Crippen molar-refractivity contribution in [3.8, 4) is 5.88 Å². The van der Waals surface area contributed by atoms with E-state index in [9.17, 15) is 0 Å². The summed E-state index contributed by atoms with van der Waals surface area (Å²) in [7, 11) is 1.65. The highest BCUT2D eigenvalue weighted by atomic mass is 35.5. The molecule has 3 rings (SSSR count). The molecular formula is C16H15ClN2O. The summed E-state index contributed by atoms with van der Waals surface area (Å²) in [6, 6.07) is 14.0. The van der Waals surface area contributed by atoms with Crippen molar-refractivity contribution < 1.29 is 4.74 Å². The van der Waals surface area contributed by atoms with Crippen LogP contribution in [0.2, 0.25) is 5.02 Å². The van der Waals surface area contributed by atoms with E-state index < -0.39 is 0 Å². The number of ether oxygens (including phenoxy) is 1. The van der Waals surface area contributed by atoms with Crippen LogP contribution in [0.25, 0.3) is 10.9 Å². The second-order valence-corrected chi connectivity index (χ2v) is 5.19. The number of methoxy groups -OCH3 is 1. The number of hydrogen-bond donors (Lipinski definition) is 0. The van der Waals surface area contributed by atoms with Crippen LogP contribution in [0, 0.1) is 6.92 Å². The van der Waals surface area contributed by atoms with Gasteiger partial charge in [0.15, 0.2) is 0 Å². The molecule has 0 unspecified atom stereocenters. The zero-order chi connectivity index (χ0) is 14.1. The van der Waals surface area contributed by atoms with E-state index >= 15 is 0 Å². The molecule has 0 fully saturated rings. The largest absolute Gasteiger partial charge is 0.479 e. The second-order valence-electron chi connectivity index (χ2n) is 4.75. The van der Waals surface area contributed by atoms with Crippen LogP contribution in [0.3, 0.4) is 0 Å². The molecule has 0 aliphatic carbocycles. The summed E-state index contributed by atoms with van der Waals surface area (Å²) in [6.45, 7) is 2.76. The minimum Gasteiger partial charge on any atom is -0.479 e. The third-order valence-electron chi connectivity index (χ3n) is 3.44. The molecule has 3 aromatic rings. The zero-order valence-corrected chi connectivity index (χ0v) is 12.2. The predicted molar refractivity (Wildman–Crippen MR) is 81.6 cm³/mol. The van der Waals surface area contributed by atoms with Crippen molar-refractivity contribution in [1.82, 2.24) is 9.78 Å². The first-order valence-corrected chi connectivity index (χ1v) is 6.81. The van der Waals surface area contributed by atoms with Gasteiger partial charge in [0, 0.05) is 5.02 Å². The summed E-state index contributed by atoms with van der Waals surface area (Å²) in [5.74, 6) is 0.659. The van der Waals surface area contributed by atoms with Gasteiger partial charge in [-0.2, -0.15) is 0 Å². The van der Waals surface area contributed by atoms with Crippen molar-refractivity contribution in [2.24, 2.45) is 0 Å². The first-order valence-electron chi connectivity index (χ1n) is 6.43. The molecule has 0 saturated heterocycles. The van der Waals surface area contributed by atoms with E-state index in [0.29, 0.717) is 12.4 Å². The standard InChI is InChI=1S/C16H15ClN2O/c1-11-9-13(17)8-7-12(11)10-19-15-6-4-3-5-14(15)16(18-19)20-2/h3-9H,10H2,1-2H3. The van der Waals surface area contributed by atoms with Gasteiger partial charge in [0.05, 0.1) is 24.6 Å². The number of nitrogens with zero attached hydrogens (tertiary/aromatic N) is 2. The number of halogens is 1. The minimum absolute atomic E-state index is 0.659. The molecule has 1 heterocycles. The molecule has 0 N–H and O–H groups in total. The minimum atomic E-state index is 0.659. The highest BCUT2D eigenvalue weighted by Gasteiger charge is 2.11. The van der Waals surface area contributed by atoms with Gasteiger partial charge in [-0.1, -0.05) is 29.8 Å². The lowest BCUT2D eigenvalue weighted by atomic mass is 10.1. The normalized spacial score (nSPS) is 10.9. The average molecular weight is 287 g/mol. The van der Waals surface area contributed by atoms with E-state index in [-0.39, 0.29) is 0 Å². The van der Waals surface area contributed by atoms with Crippen molar-refractivity contribution >= 4 is 22.5 Å². The van der Waals surface area contributed by atoms with E-state index in [2.05, 4.69) is 18.1 Å². The van der Waals surface area contributed by atoms with Gasteiger partial charge < -0.3 is 4.74 Å². The molecule has 1 aromatic heterocycles. The Morgan fingerprint density at radius 1 is 1.20 bits per heavy atom. The highest BCUT2D eigenvalue weighted by molar-refractivity contribution is 6.30. The Balaban J connectivity index is 2.06. The Hall–Kier alpha value is -2.00. The Morgan fingerprint density at radius 3 is 2.75 bits per heavy atom. The molecule has 2 aromatic carbocycles. The van der Waals surface area contributed by atoms with E-state index in [0.717, 1.165) is 21.5 Å². The predicted octanol–water partition coefficient (Wildman–Crippen LogP) is 4.06. The van der Waals surface area contributed by atoms with Crippen molar-refractivity contribution in [1.29, 1.82) is 0 Å². The molecule has 0 atom stereocenters. The summed E-state index contributed by atoms with van der Waals surface area (Å²) in [4.78, 5) is 0. The number of rotatable bonds is 3. The van der Waals surface area contributed by atoms with Gasteiger partial charge in [-0.25, -0.2) is 0 Å². The van der Waals surface area contributed by atoms with Crippen LogP contribution in [0.5, 0.6) is 5.88 Å². The highest BCUT2D eigenvalue weighted by Crippen LogP contribution is 2.25. The van der Waals surface area contributed by atoms with Gasteiger partial charge in [0.2, 0.25) is 5.88 Å². The number of hydrogen-bond acceptors (Lipinski definition) is 2. The lowest BCUT2D eigenvalue weighted by molar-refractivity contribution is 0.394. The maximum atomic E-state index is 6.00. The first kappa shape index (κ1) is 13.0. The molecular weight excluding hydrogens is 272 g/mol. The zero-order valence-electron chi connectivity index (χ0n) is 11.4. The third-order valence-corrected chi connectivity index (χ3v) is 3.68. The fraction of sp³-hybridized carbons (Fsp3) is 0.188.